The summed E-state index contributed by atoms with van der Waals surface area (Å²) in [4.78, 5) is 41.0. The van der Waals surface area contributed by atoms with Crippen molar-refractivity contribution in [3.63, 3.8) is 0 Å². The summed E-state index contributed by atoms with van der Waals surface area (Å²) in [6.45, 7) is 7.23. The van der Waals surface area contributed by atoms with E-state index in [4.69, 9.17) is 4.74 Å². The molecule has 0 bridgehead atoms. The summed E-state index contributed by atoms with van der Waals surface area (Å²) in [5.41, 5.74) is 0.823. The lowest BCUT2D eigenvalue weighted by atomic mass is 10.0. The predicted molar refractivity (Wildman–Crippen MR) is 116 cm³/mol. The zero-order chi connectivity index (χ0) is 21.5. The van der Waals surface area contributed by atoms with E-state index in [-0.39, 0.29) is 17.8 Å². The summed E-state index contributed by atoms with van der Waals surface area (Å²) in [7, 11) is 0. The van der Waals surface area contributed by atoms with Crippen molar-refractivity contribution >= 4 is 23.5 Å². The van der Waals surface area contributed by atoms with Crippen LogP contribution in [0.2, 0.25) is 0 Å². The third-order valence-electron chi connectivity index (χ3n) is 6.04. The van der Waals surface area contributed by atoms with E-state index < -0.39 is 0 Å². The number of anilines is 1. The van der Waals surface area contributed by atoms with Crippen LogP contribution in [-0.4, -0.2) is 59.8 Å². The number of hydrogen-bond acceptors (Lipinski definition) is 5. The van der Waals surface area contributed by atoms with E-state index in [1.54, 1.807) is 36.9 Å². The molecular formula is C23H33N3O4. The molecule has 2 heterocycles. The second-order valence-corrected chi connectivity index (χ2v) is 8.07. The minimum Gasteiger partial charge on any atom is -0.410 e. The molecule has 30 heavy (non-hydrogen) atoms. The maximum absolute atomic E-state index is 12.6. The Bertz CT molecular complexity index is 766. The van der Waals surface area contributed by atoms with Crippen LogP contribution in [0.1, 0.15) is 69.2 Å². The van der Waals surface area contributed by atoms with E-state index in [9.17, 15) is 14.4 Å². The first-order valence-corrected chi connectivity index (χ1v) is 11.2. The molecule has 0 aromatic heterocycles. The van der Waals surface area contributed by atoms with Gasteiger partial charge in [0, 0.05) is 37.5 Å². The highest BCUT2D eigenvalue weighted by atomic mass is 16.6. The predicted octanol–water partition coefficient (Wildman–Crippen LogP) is 4.08. The Labute approximate surface area is 178 Å². The lowest BCUT2D eigenvalue weighted by Gasteiger charge is -2.39. The molecule has 164 valence electrons. The first kappa shape index (κ1) is 22.3. The summed E-state index contributed by atoms with van der Waals surface area (Å²) < 4.78 is 5.56. The number of amides is 2. The largest absolute Gasteiger partial charge is 0.415 e. The van der Waals surface area contributed by atoms with E-state index >= 15 is 0 Å². The number of likely N-dealkylation sites (tertiary alicyclic amines) is 2. The average Bonchev–Trinajstić information content (AvgIpc) is 2.80. The Kier molecular flexibility index (Phi) is 7.85. The van der Waals surface area contributed by atoms with E-state index in [0.29, 0.717) is 49.0 Å². The molecule has 2 aliphatic rings. The van der Waals surface area contributed by atoms with Crippen molar-refractivity contribution in [2.45, 2.75) is 64.8 Å². The van der Waals surface area contributed by atoms with Gasteiger partial charge in [0.05, 0.1) is 5.69 Å². The third kappa shape index (κ3) is 5.59. The van der Waals surface area contributed by atoms with Gasteiger partial charge in [0.25, 0.3) is 0 Å². The number of ether oxygens (including phenoxy) is 1. The molecule has 2 amide bonds. The number of hydrogen-bond donors (Lipinski definition) is 1. The van der Waals surface area contributed by atoms with Crippen LogP contribution >= 0.6 is 0 Å². The standard InChI is InChI=1S/C23H33N3O4/c1-3-21(27)19-16-18(8-9-20(19)24-22(28)4-2)30-23(29)26-14-10-17(11-15-26)25-12-6-5-7-13-25/h8-9,16-17H,3-7,10-15H2,1-2H3,(H,24,28). The summed E-state index contributed by atoms with van der Waals surface area (Å²) >= 11 is 0. The van der Waals surface area contributed by atoms with Gasteiger partial charge in [-0.1, -0.05) is 20.3 Å². The van der Waals surface area contributed by atoms with Gasteiger partial charge in [-0.25, -0.2) is 4.79 Å². The molecule has 0 saturated carbocycles. The minimum atomic E-state index is -0.382. The number of piperidine rings is 2. The summed E-state index contributed by atoms with van der Waals surface area (Å²) in [6.07, 6.45) is 6.05. The number of carbonyl (C=O) groups is 3. The molecule has 3 rings (SSSR count). The maximum Gasteiger partial charge on any atom is 0.415 e. The monoisotopic (exact) mass is 415 g/mol. The molecule has 2 saturated heterocycles. The highest BCUT2D eigenvalue weighted by molar-refractivity contribution is 6.05. The first-order chi connectivity index (χ1) is 14.5. The number of ketones is 1. The third-order valence-corrected chi connectivity index (χ3v) is 6.04. The fraction of sp³-hybridized carbons (Fsp3) is 0.609. The molecule has 1 aromatic carbocycles. The number of nitrogens with one attached hydrogen (secondary N) is 1. The fourth-order valence-electron chi connectivity index (χ4n) is 4.22. The van der Waals surface area contributed by atoms with Crippen LogP contribution in [0.15, 0.2) is 18.2 Å². The second kappa shape index (κ2) is 10.6. The van der Waals surface area contributed by atoms with Crippen LogP contribution in [0.25, 0.3) is 0 Å². The number of Topliss-reactive ketones (excluding diaryl/α,β-unsaturated/α-hetero) is 1. The molecule has 7 nitrogen and oxygen atoms in total. The molecular weight excluding hydrogens is 382 g/mol. The Morgan fingerprint density at radius 2 is 1.70 bits per heavy atom. The Hall–Kier alpha value is -2.41. The normalized spacial score (nSPS) is 18.1. The quantitative estimate of drug-likeness (QED) is 0.709. The van der Waals surface area contributed by atoms with Crippen molar-refractivity contribution in [2.24, 2.45) is 0 Å². The molecule has 0 atom stereocenters. The number of rotatable bonds is 6. The SMILES string of the molecule is CCC(=O)Nc1ccc(OC(=O)N2CCC(N3CCCCC3)CC2)cc1C(=O)CC. The molecule has 1 N–H and O–H groups in total. The molecule has 0 radical (unpaired) electrons. The fourth-order valence-corrected chi connectivity index (χ4v) is 4.22. The molecule has 2 fully saturated rings. The molecule has 7 heteroatoms. The van der Waals surface area contributed by atoms with Crippen molar-refractivity contribution in [3.8, 4) is 5.75 Å². The number of nitrogens with zero attached hydrogens (tertiary/aromatic N) is 2. The van der Waals surface area contributed by atoms with E-state index in [1.165, 1.54) is 32.4 Å². The molecule has 1 aromatic rings. The minimum absolute atomic E-state index is 0.110. The highest BCUT2D eigenvalue weighted by Gasteiger charge is 2.28. The van der Waals surface area contributed by atoms with Gasteiger partial charge in [-0.05, 0) is 57.0 Å². The van der Waals surface area contributed by atoms with Gasteiger partial charge < -0.3 is 19.9 Å². The highest BCUT2D eigenvalue weighted by Crippen LogP contribution is 2.26. The van der Waals surface area contributed by atoms with Crippen molar-refractivity contribution in [3.05, 3.63) is 23.8 Å². The zero-order valence-corrected chi connectivity index (χ0v) is 18.1. The molecule has 0 aliphatic carbocycles. The number of benzene rings is 1. The van der Waals surface area contributed by atoms with Crippen molar-refractivity contribution < 1.29 is 19.1 Å². The van der Waals surface area contributed by atoms with E-state index in [2.05, 4.69) is 10.2 Å². The maximum atomic E-state index is 12.6. The van der Waals surface area contributed by atoms with Gasteiger partial charge in [0.15, 0.2) is 5.78 Å². The second-order valence-electron chi connectivity index (χ2n) is 8.07. The van der Waals surface area contributed by atoms with Crippen LogP contribution < -0.4 is 10.1 Å². The van der Waals surface area contributed by atoms with Gasteiger partial charge in [-0.2, -0.15) is 0 Å². The van der Waals surface area contributed by atoms with Crippen LogP contribution in [-0.2, 0) is 4.79 Å². The van der Waals surface area contributed by atoms with Crippen LogP contribution in [0, 0.1) is 0 Å². The Morgan fingerprint density at radius 3 is 2.33 bits per heavy atom. The van der Waals surface area contributed by atoms with Crippen molar-refractivity contribution in [1.29, 1.82) is 0 Å². The lowest BCUT2D eigenvalue weighted by molar-refractivity contribution is -0.115. The van der Waals surface area contributed by atoms with E-state index in [1.807, 2.05) is 0 Å². The zero-order valence-electron chi connectivity index (χ0n) is 18.1. The average molecular weight is 416 g/mol. The molecule has 0 spiro atoms. The molecule has 2 aliphatic heterocycles. The van der Waals surface area contributed by atoms with Crippen LogP contribution in [0.4, 0.5) is 10.5 Å². The van der Waals surface area contributed by atoms with Gasteiger partial charge in [-0.3, -0.25) is 9.59 Å². The van der Waals surface area contributed by atoms with Gasteiger partial charge in [0.1, 0.15) is 5.75 Å². The van der Waals surface area contributed by atoms with Crippen molar-refractivity contribution in [1.82, 2.24) is 9.80 Å². The van der Waals surface area contributed by atoms with Crippen LogP contribution in [0.3, 0.4) is 0 Å². The number of carbonyl (C=O) groups excluding carboxylic acids is 3. The first-order valence-electron chi connectivity index (χ1n) is 11.2. The van der Waals surface area contributed by atoms with Crippen LogP contribution in [0.5, 0.6) is 5.75 Å². The lowest BCUT2D eigenvalue weighted by Crippen LogP contribution is -2.48. The van der Waals surface area contributed by atoms with Gasteiger partial charge >= 0.3 is 6.09 Å². The Balaban J connectivity index is 1.60. The van der Waals surface area contributed by atoms with Gasteiger partial charge in [-0.15, -0.1) is 0 Å². The summed E-state index contributed by atoms with van der Waals surface area (Å²) in [5.74, 6) is 0.0487. The Morgan fingerprint density at radius 1 is 1.00 bits per heavy atom. The summed E-state index contributed by atoms with van der Waals surface area (Å²) in [5, 5.41) is 2.74. The summed E-state index contributed by atoms with van der Waals surface area (Å²) in [6, 6.07) is 5.36. The van der Waals surface area contributed by atoms with Gasteiger partial charge in [0.2, 0.25) is 5.91 Å². The van der Waals surface area contributed by atoms with Crippen molar-refractivity contribution in [2.75, 3.05) is 31.5 Å². The topological polar surface area (TPSA) is 79.0 Å². The smallest absolute Gasteiger partial charge is 0.410 e. The van der Waals surface area contributed by atoms with E-state index in [0.717, 1.165) is 12.8 Å². The molecule has 0 unspecified atom stereocenters.